The summed E-state index contributed by atoms with van der Waals surface area (Å²) >= 11 is 0. The molecular weight excluding hydrogens is 613 g/mol. The van der Waals surface area contributed by atoms with Gasteiger partial charge in [0.05, 0.1) is 29.9 Å². The molecule has 0 aliphatic carbocycles. The van der Waals surface area contributed by atoms with Gasteiger partial charge in [0.1, 0.15) is 11.4 Å². The number of anilines is 1. The Bertz CT molecular complexity index is 1890. The van der Waals surface area contributed by atoms with Crippen molar-refractivity contribution in [3.63, 3.8) is 0 Å². The van der Waals surface area contributed by atoms with Gasteiger partial charge in [-0.2, -0.15) is 18.3 Å². The maximum Gasteiger partial charge on any atom is 0.435 e. The summed E-state index contributed by atoms with van der Waals surface area (Å²) in [6, 6.07) is 17.1. The van der Waals surface area contributed by atoms with Gasteiger partial charge in [0, 0.05) is 43.2 Å². The molecular formula is C31H29F3N4O6S. The van der Waals surface area contributed by atoms with Crippen molar-refractivity contribution in [2.75, 3.05) is 45.0 Å². The number of rotatable bonds is 8. The van der Waals surface area contributed by atoms with Crippen LogP contribution in [0.1, 0.15) is 32.1 Å². The van der Waals surface area contributed by atoms with E-state index in [1.165, 1.54) is 48.2 Å². The van der Waals surface area contributed by atoms with E-state index in [1.54, 1.807) is 42.5 Å². The van der Waals surface area contributed by atoms with Gasteiger partial charge >= 0.3 is 6.18 Å². The van der Waals surface area contributed by atoms with Crippen LogP contribution in [0.5, 0.6) is 5.75 Å². The number of nitrogens with zero attached hydrogens (tertiary/aromatic N) is 4. The molecule has 0 unspecified atom stereocenters. The third-order valence-electron chi connectivity index (χ3n) is 7.51. The van der Waals surface area contributed by atoms with Gasteiger partial charge in [0.2, 0.25) is 0 Å². The van der Waals surface area contributed by atoms with Crippen LogP contribution in [0.15, 0.2) is 71.6 Å². The molecule has 0 spiro atoms. The molecule has 0 radical (unpaired) electrons. The highest BCUT2D eigenvalue weighted by molar-refractivity contribution is 7.90. The standard InChI is InChI=1S/C31H29F3N4O6S/c1-36(16-17-39)29(40)24-18-21(44-2)12-13-25(24)38-27-23(28(35-38)31(32,33)34)14-15-37(30(27)41)20-10-8-19(9-11-20)22-6-4-5-7-26(22)45(3,42)43/h4-13,18,39H,14-17H2,1-3H3. The number of sulfone groups is 1. The zero-order valence-electron chi connectivity index (χ0n) is 24.5. The van der Waals surface area contributed by atoms with Gasteiger partial charge in [-0.1, -0.05) is 30.3 Å². The van der Waals surface area contributed by atoms with E-state index in [0.29, 0.717) is 16.8 Å². The molecule has 0 saturated heterocycles. The van der Waals surface area contributed by atoms with Crippen LogP contribution >= 0.6 is 0 Å². The average molecular weight is 643 g/mol. The monoisotopic (exact) mass is 642 g/mol. The van der Waals surface area contributed by atoms with E-state index in [0.717, 1.165) is 10.9 Å². The van der Waals surface area contributed by atoms with E-state index in [-0.39, 0.29) is 59.3 Å². The summed E-state index contributed by atoms with van der Waals surface area (Å²) in [6.07, 6.45) is -3.94. The molecule has 3 aromatic carbocycles. The van der Waals surface area contributed by atoms with Crippen LogP contribution in [0.25, 0.3) is 16.8 Å². The molecule has 1 aliphatic heterocycles. The van der Waals surface area contributed by atoms with Crippen LogP contribution in [-0.2, 0) is 22.4 Å². The van der Waals surface area contributed by atoms with Gasteiger partial charge in [-0.05, 0) is 48.4 Å². The molecule has 0 bridgehead atoms. The number of halogens is 3. The fourth-order valence-corrected chi connectivity index (χ4v) is 6.22. The Labute approximate surface area is 257 Å². The molecule has 0 atom stereocenters. The Morgan fingerprint density at radius 1 is 1.09 bits per heavy atom. The van der Waals surface area contributed by atoms with Crippen LogP contribution in [-0.4, -0.2) is 80.1 Å². The lowest BCUT2D eigenvalue weighted by Gasteiger charge is -2.28. The maximum atomic E-state index is 14.2. The van der Waals surface area contributed by atoms with Gasteiger partial charge in [-0.15, -0.1) is 0 Å². The van der Waals surface area contributed by atoms with Crippen molar-refractivity contribution in [1.82, 2.24) is 14.7 Å². The normalized spacial score (nSPS) is 13.5. The summed E-state index contributed by atoms with van der Waals surface area (Å²) < 4.78 is 73.3. The average Bonchev–Trinajstić information content (AvgIpc) is 3.41. The number of aliphatic hydroxyl groups is 1. The Hall–Kier alpha value is -4.69. The van der Waals surface area contributed by atoms with E-state index in [9.17, 15) is 36.3 Å². The van der Waals surface area contributed by atoms with Crippen molar-refractivity contribution in [1.29, 1.82) is 0 Å². The van der Waals surface area contributed by atoms with Crippen molar-refractivity contribution in [3.8, 4) is 22.6 Å². The van der Waals surface area contributed by atoms with Crippen molar-refractivity contribution in [2.24, 2.45) is 0 Å². The molecule has 1 aliphatic rings. The number of benzene rings is 3. The summed E-state index contributed by atoms with van der Waals surface area (Å²) in [6.45, 7) is -0.464. The highest BCUT2D eigenvalue weighted by atomic mass is 32.2. The van der Waals surface area contributed by atoms with Crippen molar-refractivity contribution in [2.45, 2.75) is 17.5 Å². The van der Waals surface area contributed by atoms with Gasteiger partial charge < -0.3 is 19.6 Å². The summed E-state index contributed by atoms with van der Waals surface area (Å²) in [5.41, 5.74) is -0.595. The number of ether oxygens (including phenoxy) is 1. The first-order chi connectivity index (χ1) is 21.3. The topological polar surface area (TPSA) is 122 Å². The fraction of sp³-hybridized carbons (Fsp3) is 0.258. The Balaban J connectivity index is 1.61. The second kappa shape index (κ2) is 12.0. The number of methoxy groups -OCH3 is 1. The Morgan fingerprint density at radius 2 is 1.78 bits per heavy atom. The third kappa shape index (κ3) is 6.02. The van der Waals surface area contributed by atoms with Crippen molar-refractivity contribution in [3.05, 3.63) is 89.2 Å². The summed E-state index contributed by atoms with van der Waals surface area (Å²) in [5, 5.41) is 13.2. The quantitative estimate of drug-likeness (QED) is 0.305. The minimum Gasteiger partial charge on any atom is -0.497 e. The lowest BCUT2D eigenvalue weighted by Crippen LogP contribution is -2.39. The van der Waals surface area contributed by atoms with Crippen LogP contribution in [0.2, 0.25) is 0 Å². The summed E-state index contributed by atoms with van der Waals surface area (Å²) in [7, 11) is -0.743. The number of aliphatic hydroxyl groups excluding tert-OH is 1. The highest BCUT2D eigenvalue weighted by Crippen LogP contribution is 2.38. The fourth-order valence-electron chi connectivity index (χ4n) is 5.31. The Kier molecular flexibility index (Phi) is 8.47. The molecule has 2 amide bonds. The summed E-state index contributed by atoms with van der Waals surface area (Å²) in [4.78, 5) is 30.0. The molecule has 0 fully saturated rings. The number of hydrogen-bond donors (Lipinski definition) is 1. The number of carbonyl (C=O) groups excluding carboxylic acids is 2. The number of likely N-dealkylation sites (N-methyl/N-ethyl adjacent to an activating group) is 1. The van der Waals surface area contributed by atoms with Gasteiger partial charge in [-0.25, -0.2) is 13.1 Å². The summed E-state index contributed by atoms with van der Waals surface area (Å²) in [5.74, 6) is -1.13. The van der Waals surface area contributed by atoms with Crippen molar-refractivity contribution < 1.29 is 41.0 Å². The molecule has 45 heavy (non-hydrogen) atoms. The minimum atomic E-state index is -4.88. The molecule has 1 aromatic heterocycles. The number of hydrogen-bond acceptors (Lipinski definition) is 7. The second-order valence-electron chi connectivity index (χ2n) is 10.4. The van der Waals surface area contributed by atoms with Crippen LogP contribution in [0, 0.1) is 0 Å². The van der Waals surface area contributed by atoms with Gasteiger partial charge in [0.15, 0.2) is 15.5 Å². The molecule has 0 saturated carbocycles. The minimum absolute atomic E-state index is 0.0438. The molecule has 10 nitrogen and oxygen atoms in total. The van der Waals surface area contributed by atoms with E-state index in [1.807, 2.05) is 0 Å². The Morgan fingerprint density at radius 3 is 2.40 bits per heavy atom. The van der Waals surface area contributed by atoms with Crippen LogP contribution in [0.4, 0.5) is 18.9 Å². The molecule has 4 aromatic rings. The third-order valence-corrected chi connectivity index (χ3v) is 8.66. The first-order valence-electron chi connectivity index (χ1n) is 13.7. The SMILES string of the molecule is COc1ccc(-n2nc(C(F)(F)F)c3c2C(=O)N(c2ccc(-c4ccccc4S(C)(=O)=O)cc2)CC3)c(C(=O)N(C)CCO)c1. The van der Waals surface area contributed by atoms with E-state index in [4.69, 9.17) is 4.74 Å². The van der Waals surface area contributed by atoms with E-state index >= 15 is 0 Å². The lowest BCUT2D eigenvalue weighted by atomic mass is 10.0. The number of fused-ring (bicyclic) bond motifs is 1. The predicted molar refractivity (Wildman–Crippen MR) is 160 cm³/mol. The van der Waals surface area contributed by atoms with E-state index < -0.39 is 33.5 Å². The van der Waals surface area contributed by atoms with Crippen molar-refractivity contribution >= 4 is 27.3 Å². The van der Waals surface area contributed by atoms with Gasteiger partial charge in [0.25, 0.3) is 11.8 Å². The largest absolute Gasteiger partial charge is 0.497 e. The van der Waals surface area contributed by atoms with Crippen LogP contribution in [0.3, 0.4) is 0 Å². The first kappa shape index (κ1) is 31.7. The zero-order valence-corrected chi connectivity index (χ0v) is 25.3. The molecule has 14 heteroatoms. The number of alkyl halides is 3. The number of aromatic nitrogens is 2. The maximum absolute atomic E-state index is 14.2. The predicted octanol–water partition coefficient (Wildman–Crippen LogP) is 4.24. The molecule has 2 heterocycles. The van der Waals surface area contributed by atoms with Crippen LogP contribution < -0.4 is 9.64 Å². The second-order valence-corrected chi connectivity index (χ2v) is 12.4. The van der Waals surface area contributed by atoms with Gasteiger partial charge in [-0.3, -0.25) is 9.59 Å². The zero-order chi connectivity index (χ0) is 32.7. The smallest absolute Gasteiger partial charge is 0.435 e. The number of amides is 2. The highest BCUT2D eigenvalue weighted by Gasteiger charge is 2.44. The first-order valence-corrected chi connectivity index (χ1v) is 15.6. The molecule has 236 valence electrons. The molecule has 1 N–H and O–H groups in total. The lowest BCUT2D eigenvalue weighted by molar-refractivity contribution is -0.141. The van der Waals surface area contributed by atoms with E-state index in [2.05, 4.69) is 5.10 Å². The number of carbonyl (C=O) groups is 2. The molecule has 5 rings (SSSR count).